The van der Waals surface area contributed by atoms with Crippen LogP contribution in [0.3, 0.4) is 0 Å². The van der Waals surface area contributed by atoms with Crippen molar-refractivity contribution in [1.82, 2.24) is 0 Å². The van der Waals surface area contributed by atoms with Gasteiger partial charge in [0, 0.05) is 0 Å². The average Bonchev–Trinajstić information content (AvgIpc) is 2.48. The Morgan fingerprint density at radius 1 is 1.20 bits per heavy atom. The summed E-state index contributed by atoms with van der Waals surface area (Å²) in [5.74, 6) is -0.559. The van der Waals surface area contributed by atoms with Crippen LogP contribution in [-0.2, 0) is 4.79 Å². The van der Waals surface area contributed by atoms with Crippen LogP contribution in [-0.4, -0.2) is 11.0 Å². The Balaban J connectivity index is 2.16. The number of aliphatic hydroxyl groups excluding tert-OH is 1. The van der Waals surface area contributed by atoms with Crippen LogP contribution < -0.4 is 5.32 Å². The first-order valence-corrected chi connectivity index (χ1v) is 6.16. The van der Waals surface area contributed by atoms with Gasteiger partial charge in [-0.1, -0.05) is 42.0 Å². The van der Waals surface area contributed by atoms with Crippen LogP contribution >= 0.6 is 0 Å². The maximum atomic E-state index is 12.0. The second-order valence-corrected chi connectivity index (χ2v) is 4.46. The molecule has 0 bridgehead atoms. The van der Waals surface area contributed by atoms with Crippen molar-refractivity contribution in [2.24, 2.45) is 0 Å². The third kappa shape index (κ3) is 3.02. The molecule has 0 heterocycles. The minimum atomic E-state index is -1.26. The second-order valence-electron chi connectivity index (χ2n) is 4.46. The van der Waals surface area contributed by atoms with Crippen LogP contribution in [0.4, 0.5) is 5.69 Å². The quantitative estimate of drug-likeness (QED) is 0.896. The first-order valence-electron chi connectivity index (χ1n) is 6.16. The Bertz CT molecular complexity index is 657. The Morgan fingerprint density at radius 2 is 1.85 bits per heavy atom. The molecule has 2 rings (SSSR count). The van der Waals surface area contributed by atoms with E-state index in [9.17, 15) is 9.90 Å². The van der Waals surface area contributed by atoms with Gasteiger partial charge in [-0.25, -0.2) is 0 Å². The molecule has 100 valence electrons. The standard InChI is InChI=1S/C16H14N2O2/c1-11-6-8-12(9-7-11)15(19)16(20)18-14-5-3-2-4-13(14)10-17/h2-9,15,19H,1H3,(H,18,20). The summed E-state index contributed by atoms with van der Waals surface area (Å²) in [6.45, 7) is 1.93. The van der Waals surface area contributed by atoms with Gasteiger partial charge in [-0.3, -0.25) is 4.79 Å². The highest BCUT2D eigenvalue weighted by Crippen LogP contribution is 2.18. The number of nitrogens with zero attached hydrogens (tertiary/aromatic N) is 1. The number of para-hydroxylation sites is 1. The van der Waals surface area contributed by atoms with Crippen molar-refractivity contribution in [2.75, 3.05) is 5.32 Å². The van der Waals surface area contributed by atoms with Gasteiger partial charge in [0.25, 0.3) is 5.91 Å². The summed E-state index contributed by atoms with van der Waals surface area (Å²) in [5.41, 5.74) is 2.32. The molecule has 0 spiro atoms. The van der Waals surface area contributed by atoms with E-state index in [2.05, 4.69) is 5.32 Å². The summed E-state index contributed by atoms with van der Waals surface area (Å²) < 4.78 is 0. The number of carbonyl (C=O) groups excluding carboxylic acids is 1. The summed E-state index contributed by atoms with van der Waals surface area (Å²) in [4.78, 5) is 12.0. The summed E-state index contributed by atoms with van der Waals surface area (Å²) >= 11 is 0. The largest absolute Gasteiger partial charge is 0.378 e. The molecule has 2 aromatic carbocycles. The van der Waals surface area contributed by atoms with Gasteiger partial charge in [0.1, 0.15) is 6.07 Å². The zero-order valence-electron chi connectivity index (χ0n) is 11.0. The van der Waals surface area contributed by atoms with Gasteiger partial charge in [-0.2, -0.15) is 5.26 Å². The maximum absolute atomic E-state index is 12.0. The fourth-order valence-electron chi connectivity index (χ4n) is 1.79. The highest BCUT2D eigenvalue weighted by Gasteiger charge is 2.18. The number of hydrogen-bond acceptors (Lipinski definition) is 3. The Morgan fingerprint density at radius 3 is 2.50 bits per heavy atom. The molecule has 1 unspecified atom stereocenters. The van der Waals surface area contributed by atoms with Crippen molar-refractivity contribution in [3.05, 3.63) is 65.2 Å². The first-order chi connectivity index (χ1) is 9.61. The molecule has 1 amide bonds. The molecule has 0 saturated carbocycles. The first kappa shape index (κ1) is 13.8. The third-order valence-corrected chi connectivity index (χ3v) is 2.95. The molecule has 0 aliphatic heterocycles. The smallest absolute Gasteiger partial charge is 0.257 e. The van der Waals surface area contributed by atoms with Gasteiger partial charge in [0.2, 0.25) is 0 Å². The van der Waals surface area contributed by atoms with Crippen molar-refractivity contribution in [2.45, 2.75) is 13.0 Å². The molecule has 0 radical (unpaired) electrons. The van der Waals surface area contributed by atoms with Gasteiger partial charge in [0.15, 0.2) is 6.10 Å². The number of benzene rings is 2. The minimum absolute atomic E-state index is 0.358. The normalized spacial score (nSPS) is 11.4. The molecule has 20 heavy (non-hydrogen) atoms. The lowest BCUT2D eigenvalue weighted by molar-refractivity contribution is -0.124. The predicted octanol–water partition coefficient (Wildman–Crippen LogP) is 2.54. The fourth-order valence-corrected chi connectivity index (χ4v) is 1.79. The molecule has 4 heteroatoms. The zero-order chi connectivity index (χ0) is 14.5. The maximum Gasteiger partial charge on any atom is 0.257 e. The van der Waals surface area contributed by atoms with Crippen LogP contribution in [0, 0.1) is 18.3 Å². The van der Waals surface area contributed by atoms with E-state index in [0.29, 0.717) is 16.8 Å². The highest BCUT2D eigenvalue weighted by atomic mass is 16.3. The molecule has 1 atom stereocenters. The molecule has 2 aromatic rings. The van der Waals surface area contributed by atoms with E-state index >= 15 is 0 Å². The summed E-state index contributed by atoms with van der Waals surface area (Å²) in [5, 5.41) is 21.5. The van der Waals surface area contributed by atoms with Gasteiger partial charge in [-0.15, -0.1) is 0 Å². The van der Waals surface area contributed by atoms with Crippen LogP contribution in [0.1, 0.15) is 22.8 Å². The predicted molar refractivity (Wildman–Crippen MR) is 75.9 cm³/mol. The number of nitriles is 1. The minimum Gasteiger partial charge on any atom is -0.378 e. The zero-order valence-corrected chi connectivity index (χ0v) is 11.0. The van der Waals surface area contributed by atoms with E-state index in [1.54, 1.807) is 36.4 Å². The number of aliphatic hydroxyl groups is 1. The number of anilines is 1. The molecule has 0 aliphatic carbocycles. The van der Waals surface area contributed by atoms with Crippen molar-refractivity contribution >= 4 is 11.6 Å². The molecule has 0 fully saturated rings. The Kier molecular flexibility index (Phi) is 4.14. The summed E-state index contributed by atoms with van der Waals surface area (Å²) in [7, 11) is 0. The van der Waals surface area contributed by atoms with E-state index in [-0.39, 0.29) is 0 Å². The molecular formula is C16H14N2O2. The number of hydrogen-bond donors (Lipinski definition) is 2. The SMILES string of the molecule is Cc1ccc(C(O)C(=O)Nc2ccccc2C#N)cc1. The van der Waals surface area contributed by atoms with Gasteiger partial charge < -0.3 is 10.4 Å². The van der Waals surface area contributed by atoms with Crippen LogP contribution in [0.15, 0.2) is 48.5 Å². The number of rotatable bonds is 3. The Hall–Kier alpha value is -2.64. The van der Waals surface area contributed by atoms with E-state index in [4.69, 9.17) is 5.26 Å². The average molecular weight is 266 g/mol. The molecule has 0 aliphatic rings. The monoisotopic (exact) mass is 266 g/mol. The lowest BCUT2D eigenvalue weighted by Gasteiger charge is -2.12. The van der Waals surface area contributed by atoms with E-state index in [0.717, 1.165) is 5.56 Å². The molecular weight excluding hydrogens is 252 g/mol. The number of carbonyl (C=O) groups is 1. The number of aryl methyl sites for hydroxylation is 1. The van der Waals surface area contributed by atoms with Gasteiger partial charge >= 0.3 is 0 Å². The topological polar surface area (TPSA) is 73.1 Å². The molecule has 4 nitrogen and oxygen atoms in total. The van der Waals surface area contributed by atoms with Crippen LogP contribution in [0.2, 0.25) is 0 Å². The summed E-state index contributed by atoms with van der Waals surface area (Å²) in [6.07, 6.45) is -1.26. The number of nitrogens with one attached hydrogen (secondary N) is 1. The molecule has 0 saturated heterocycles. The molecule has 0 aromatic heterocycles. The van der Waals surface area contributed by atoms with E-state index in [1.165, 1.54) is 0 Å². The summed E-state index contributed by atoms with van der Waals surface area (Å²) in [6, 6.07) is 15.7. The highest BCUT2D eigenvalue weighted by molar-refractivity contribution is 5.95. The van der Waals surface area contributed by atoms with Crippen molar-refractivity contribution in [3.8, 4) is 6.07 Å². The van der Waals surface area contributed by atoms with Gasteiger partial charge in [-0.05, 0) is 24.6 Å². The number of amides is 1. The Labute approximate surface area is 117 Å². The van der Waals surface area contributed by atoms with E-state index < -0.39 is 12.0 Å². The van der Waals surface area contributed by atoms with Gasteiger partial charge in [0.05, 0.1) is 11.3 Å². The van der Waals surface area contributed by atoms with E-state index in [1.807, 2.05) is 25.1 Å². The second kappa shape index (κ2) is 6.00. The van der Waals surface area contributed by atoms with Crippen LogP contribution in [0.25, 0.3) is 0 Å². The van der Waals surface area contributed by atoms with Crippen molar-refractivity contribution < 1.29 is 9.90 Å². The lowest BCUT2D eigenvalue weighted by atomic mass is 10.1. The van der Waals surface area contributed by atoms with Crippen molar-refractivity contribution in [3.63, 3.8) is 0 Å². The molecule has 2 N–H and O–H groups in total. The fraction of sp³-hybridized carbons (Fsp3) is 0.125. The van der Waals surface area contributed by atoms with Crippen molar-refractivity contribution in [1.29, 1.82) is 5.26 Å². The lowest BCUT2D eigenvalue weighted by Crippen LogP contribution is -2.21. The van der Waals surface area contributed by atoms with Crippen LogP contribution in [0.5, 0.6) is 0 Å². The third-order valence-electron chi connectivity index (χ3n) is 2.95.